The largest absolute Gasteiger partial charge is 0.369 e. The molecular formula is C20H24ClN3O. The lowest BCUT2D eigenvalue weighted by Crippen LogP contribution is -2.46. The second-order valence-corrected chi connectivity index (χ2v) is 6.76. The number of hydrogen-bond acceptors (Lipinski definition) is 3. The van der Waals surface area contributed by atoms with Crippen LogP contribution in [0.1, 0.15) is 22.8 Å². The van der Waals surface area contributed by atoms with Crippen LogP contribution in [0.15, 0.2) is 42.5 Å². The summed E-state index contributed by atoms with van der Waals surface area (Å²) in [7, 11) is 0. The molecule has 2 aromatic carbocycles. The van der Waals surface area contributed by atoms with E-state index in [9.17, 15) is 4.79 Å². The van der Waals surface area contributed by atoms with Crippen molar-refractivity contribution in [3.63, 3.8) is 0 Å². The van der Waals surface area contributed by atoms with Crippen LogP contribution in [-0.2, 0) is 0 Å². The van der Waals surface area contributed by atoms with Crippen LogP contribution in [0.3, 0.4) is 0 Å². The van der Waals surface area contributed by atoms with Gasteiger partial charge in [0.2, 0.25) is 0 Å². The van der Waals surface area contributed by atoms with Crippen LogP contribution in [0, 0.1) is 6.92 Å². The Morgan fingerprint density at radius 1 is 1.12 bits per heavy atom. The number of hydrogen-bond donors (Lipinski definition) is 1. The monoisotopic (exact) mass is 357 g/mol. The zero-order chi connectivity index (χ0) is 17.8. The van der Waals surface area contributed by atoms with Gasteiger partial charge in [-0.05, 0) is 49.4 Å². The van der Waals surface area contributed by atoms with Crippen molar-refractivity contribution in [2.24, 2.45) is 0 Å². The molecule has 0 aliphatic carbocycles. The molecule has 0 unspecified atom stereocenters. The van der Waals surface area contributed by atoms with E-state index in [2.05, 4.69) is 34.2 Å². The molecule has 25 heavy (non-hydrogen) atoms. The van der Waals surface area contributed by atoms with Gasteiger partial charge in [-0.3, -0.25) is 4.79 Å². The molecule has 132 valence electrons. The summed E-state index contributed by atoms with van der Waals surface area (Å²) in [5.41, 5.74) is 3.57. The van der Waals surface area contributed by atoms with Crippen LogP contribution in [0.2, 0.25) is 5.02 Å². The Kier molecular flexibility index (Phi) is 5.61. The van der Waals surface area contributed by atoms with E-state index in [0.717, 1.165) is 44.0 Å². The van der Waals surface area contributed by atoms with Gasteiger partial charge < -0.3 is 15.1 Å². The van der Waals surface area contributed by atoms with Crippen molar-refractivity contribution in [1.82, 2.24) is 4.90 Å². The van der Waals surface area contributed by atoms with Crippen molar-refractivity contribution in [3.05, 3.63) is 58.6 Å². The van der Waals surface area contributed by atoms with Crippen LogP contribution in [-0.4, -0.2) is 43.5 Å². The van der Waals surface area contributed by atoms with E-state index in [4.69, 9.17) is 11.6 Å². The van der Waals surface area contributed by atoms with Gasteiger partial charge in [0.1, 0.15) is 0 Å². The lowest BCUT2D eigenvalue weighted by Gasteiger charge is -2.35. The number of nitrogens with one attached hydrogen (secondary N) is 1. The normalized spacial score (nSPS) is 15.2. The summed E-state index contributed by atoms with van der Waals surface area (Å²) in [4.78, 5) is 17.3. The molecular weight excluding hydrogens is 334 g/mol. The molecule has 1 fully saturated rings. The van der Waals surface area contributed by atoms with Crippen LogP contribution < -0.4 is 10.2 Å². The Morgan fingerprint density at radius 2 is 1.84 bits per heavy atom. The quantitative estimate of drug-likeness (QED) is 0.896. The molecule has 1 N–H and O–H groups in total. The molecule has 1 heterocycles. The highest BCUT2D eigenvalue weighted by Crippen LogP contribution is 2.25. The molecule has 5 heteroatoms. The summed E-state index contributed by atoms with van der Waals surface area (Å²) in [5.74, 6) is -0.182. The van der Waals surface area contributed by atoms with Crippen LogP contribution in [0.25, 0.3) is 0 Å². The van der Waals surface area contributed by atoms with Crippen LogP contribution in [0.5, 0.6) is 0 Å². The molecule has 0 saturated carbocycles. The third-order valence-electron chi connectivity index (χ3n) is 4.76. The zero-order valence-electron chi connectivity index (χ0n) is 14.8. The molecule has 0 bridgehead atoms. The van der Waals surface area contributed by atoms with Crippen molar-refractivity contribution in [3.8, 4) is 0 Å². The standard InChI is InChI=1S/C20H24ClN3O/c1-3-23-10-12-24(13-11-23)16-8-9-19(15(2)14-16)22-20(25)17-6-4-5-7-18(17)21/h4-9,14H,3,10-13H2,1-2H3,(H,22,25). The average Bonchev–Trinajstić information content (AvgIpc) is 2.63. The predicted octanol–water partition coefficient (Wildman–Crippen LogP) is 4.04. The van der Waals surface area contributed by atoms with Gasteiger partial charge in [0.25, 0.3) is 5.91 Å². The summed E-state index contributed by atoms with van der Waals surface area (Å²) in [5, 5.41) is 3.42. The molecule has 1 saturated heterocycles. The van der Waals surface area contributed by atoms with Gasteiger partial charge in [0.05, 0.1) is 10.6 Å². The number of piperazine rings is 1. The third-order valence-corrected chi connectivity index (χ3v) is 5.09. The fraction of sp³-hybridized carbons (Fsp3) is 0.350. The second kappa shape index (κ2) is 7.89. The number of anilines is 2. The van der Waals surface area contributed by atoms with Gasteiger partial charge in [-0.2, -0.15) is 0 Å². The number of likely N-dealkylation sites (N-methyl/N-ethyl adjacent to an activating group) is 1. The SMILES string of the molecule is CCN1CCN(c2ccc(NC(=O)c3ccccc3Cl)c(C)c2)CC1. The van der Waals surface area contributed by atoms with E-state index in [1.807, 2.05) is 25.1 Å². The number of halogens is 1. The van der Waals surface area contributed by atoms with Gasteiger partial charge in [-0.1, -0.05) is 30.7 Å². The minimum Gasteiger partial charge on any atom is -0.369 e. The number of benzene rings is 2. The summed E-state index contributed by atoms with van der Waals surface area (Å²) < 4.78 is 0. The van der Waals surface area contributed by atoms with Crippen molar-refractivity contribution in [2.75, 3.05) is 42.9 Å². The maximum absolute atomic E-state index is 12.4. The Hall–Kier alpha value is -2.04. The Labute approximate surface area is 154 Å². The molecule has 0 aromatic heterocycles. The summed E-state index contributed by atoms with van der Waals surface area (Å²) in [6.45, 7) is 9.61. The molecule has 0 radical (unpaired) electrons. The number of aryl methyl sites for hydroxylation is 1. The van der Waals surface area contributed by atoms with Gasteiger partial charge in [0.15, 0.2) is 0 Å². The Morgan fingerprint density at radius 3 is 2.48 bits per heavy atom. The van der Waals surface area contributed by atoms with Crippen LogP contribution >= 0.6 is 11.6 Å². The van der Waals surface area contributed by atoms with E-state index in [-0.39, 0.29) is 5.91 Å². The average molecular weight is 358 g/mol. The summed E-state index contributed by atoms with van der Waals surface area (Å²) in [6, 6.07) is 13.3. The number of amides is 1. The summed E-state index contributed by atoms with van der Waals surface area (Å²) >= 11 is 6.10. The molecule has 0 atom stereocenters. The van der Waals surface area contributed by atoms with E-state index < -0.39 is 0 Å². The summed E-state index contributed by atoms with van der Waals surface area (Å²) in [6.07, 6.45) is 0. The van der Waals surface area contributed by atoms with Gasteiger partial charge in [0, 0.05) is 37.6 Å². The predicted molar refractivity (Wildman–Crippen MR) is 105 cm³/mol. The first-order valence-electron chi connectivity index (χ1n) is 8.72. The van der Waals surface area contributed by atoms with E-state index >= 15 is 0 Å². The van der Waals surface area contributed by atoms with E-state index in [1.54, 1.807) is 12.1 Å². The lowest BCUT2D eigenvalue weighted by molar-refractivity contribution is 0.102. The Bertz CT molecular complexity index is 754. The fourth-order valence-electron chi connectivity index (χ4n) is 3.14. The molecule has 3 rings (SSSR count). The maximum atomic E-state index is 12.4. The molecule has 4 nitrogen and oxygen atoms in total. The van der Waals surface area contributed by atoms with Crippen molar-refractivity contribution < 1.29 is 4.79 Å². The van der Waals surface area contributed by atoms with Gasteiger partial charge in [-0.25, -0.2) is 0 Å². The highest BCUT2D eigenvalue weighted by Gasteiger charge is 2.17. The number of carbonyl (C=O) groups excluding carboxylic acids is 1. The topological polar surface area (TPSA) is 35.6 Å². The van der Waals surface area contributed by atoms with Crippen molar-refractivity contribution >= 4 is 28.9 Å². The molecule has 1 aliphatic rings. The molecule has 2 aromatic rings. The van der Waals surface area contributed by atoms with Crippen molar-refractivity contribution in [2.45, 2.75) is 13.8 Å². The molecule has 1 aliphatic heterocycles. The molecule has 0 spiro atoms. The zero-order valence-corrected chi connectivity index (χ0v) is 15.5. The second-order valence-electron chi connectivity index (χ2n) is 6.35. The lowest BCUT2D eigenvalue weighted by atomic mass is 10.1. The first-order valence-corrected chi connectivity index (χ1v) is 9.10. The maximum Gasteiger partial charge on any atom is 0.257 e. The van der Waals surface area contributed by atoms with E-state index in [0.29, 0.717) is 10.6 Å². The minimum atomic E-state index is -0.182. The highest BCUT2D eigenvalue weighted by molar-refractivity contribution is 6.34. The smallest absolute Gasteiger partial charge is 0.257 e. The van der Waals surface area contributed by atoms with Gasteiger partial charge >= 0.3 is 0 Å². The first-order chi connectivity index (χ1) is 12.1. The van der Waals surface area contributed by atoms with Crippen LogP contribution in [0.4, 0.5) is 11.4 Å². The number of carbonyl (C=O) groups is 1. The Balaban J connectivity index is 1.70. The number of nitrogens with zero attached hydrogens (tertiary/aromatic N) is 2. The molecule has 1 amide bonds. The van der Waals surface area contributed by atoms with Gasteiger partial charge in [-0.15, -0.1) is 0 Å². The first kappa shape index (κ1) is 17.8. The highest BCUT2D eigenvalue weighted by atomic mass is 35.5. The van der Waals surface area contributed by atoms with Crippen molar-refractivity contribution in [1.29, 1.82) is 0 Å². The fourth-order valence-corrected chi connectivity index (χ4v) is 3.36. The van der Waals surface area contributed by atoms with E-state index in [1.165, 1.54) is 5.69 Å². The minimum absolute atomic E-state index is 0.182. The number of rotatable bonds is 4. The third kappa shape index (κ3) is 4.14.